The average molecular weight is 592 g/mol. The minimum absolute atomic E-state index is 0.0760. The van der Waals surface area contributed by atoms with Crippen molar-refractivity contribution in [1.29, 1.82) is 0 Å². The van der Waals surface area contributed by atoms with Crippen LogP contribution in [0.4, 0.5) is 10.3 Å². The molecule has 0 bridgehead atoms. The van der Waals surface area contributed by atoms with E-state index in [0.717, 1.165) is 27.3 Å². The minimum Gasteiger partial charge on any atom is -0.497 e. The SMILES string of the molecule is COc1ccc(Cn2nnc(-c3c(-c4cccc5sc(N)nc45)ccc(-c4cnc(N)s4)c3S(N)(=O)=O)n2)cc1. The number of rotatable bonds is 7. The first kappa shape index (κ1) is 25.8. The van der Waals surface area contributed by atoms with Crippen LogP contribution in [0.3, 0.4) is 0 Å². The van der Waals surface area contributed by atoms with Crippen LogP contribution in [-0.4, -0.2) is 45.7 Å². The van der Waals surface area contributed by atoms with Gasteiger partial charge in [-0.2, -0.15) is 4.80 Å². The molecule has 6 N–H and O–H groups in total. The van der Waals surface area contributed by atoms with Crippen molar-refractivity contribution in [2.24, 2.45) is 5.14 Å². The van der Waals surface area contributed by atoms with E-state index in [4.69, 9.17) is 21.3 Å². The summed E-state index contributed by atoms with van der Waals surface area (Å²) in [7, 11) is -2.73. The molecular weight excluding hydrogens is 571 g/mol. The number of benzene rings is 3. The third-order valence-electron chi connectivity index (χ3n) is 6.12. The highest BCUT2D eigenvalue weighted by Crippen LogP contribution is 2.44. The Kier molecular flexibility index (Phi) is 6.42. The van der Waals surface area contributed by atoms with Gasteiger partial charge in [0.2, 0.25) is 15.8 Å². The number of primary sulfonamides is 1. The van der Waals surface area contributed by atoms with E-state index in [1.807, 2.05) is 42.5 Å². The van der Waals surface area contributed by atoms with Gasteiger partial charge in [0.25, 0.3) is 0 Å². The zero-order valence-corrected chi connectivity index (χ0v) is 23.3. The molecule has 3 heterocycles. The van der Waals surface area contributed by atoms with Crippen LogP contribution in [0.5, 0.6) is 5.75 Å². The summed E-state index contributed by atoms with van der Waals surface area (Å²) in [6.07, 6.45) is 1.50. The molecule has 0 atom stereocenters. The molecule has 6 aromatic rings. The fourth-order valence-corrected chi connectivity index (χ4v) is 6.93. The van der Waals surface area contributed by atoms with Gasteiger partial charge in [-0.15, -0.1) is 10.2 Å². The number of nitrogen functional groups attached to an aromatic ring is 2. The minimum atomic E-state index is -4.32. The van der Waals surface area contributed by atoms with Gasteiger partial charge in [0, 0.05) is 17.3 Å². The lowest BCUT2D eigenvalue weighted by molar-refractivity contribution is 0.414. The summed E-state index contributed by atoms with van der Waals surface area (Å²) in [5, 5.41) is 19.6. The molecule has 0 saturated carbocycles. The zero-order chi connectivity index (χ0) is 28.0. The van der Waals surface area contributed by atoms with Crippen LogP contribution >= 0.6 is 22.7 Å². The van der Waals surface area contributed by atoms with Crippen LogP contribution in [0.15, 0.2) is 65.7 Å². The molecule has 0 saturated heterocycles. The van der Waals surface area contributed by atoms with E-state index in [0.29, 0.717) is 38.8 Å². The number of nitrogens with zero attached hydrogens (tertiary/aromatic N) is 6. The maximum atomic E-state index is 13.2. The summed E-state index contributed by atoms with van der Waals surface area (Å²) < 4.78 is 32.5. The molecule has 0 aliphatic heterocycles. The standard InChI is InChI=1S/C25H21N9O3S3/c1-37-14-7-5-13(6-8-14)12-34-32-23(31-33-34)20-15(16-3-2-4-18-21(16)30-25(27)38-18)9-10-17(22(20)40(28,35)36)19-11-29-24(26)39-19/h2-11H,12H2,1H3,(H2,26,29)(H2,27,30)(H2,28,35,36). The normalized spacial score (nSPS) is 11.8. The molecule has 0 radical (unpaired) electrons. The summed E-state index contributed by atoms with van der Waals surface area (Å²) in [6.45, 7) is 0.292. The number of ether oxygens (including phenoxy) is 1. The molecule has 3 aromatic carbocycles. The van der Waals surface area contributed by atoms with Crippen molar-refractivity contribution >= 4 is 53.2 Å². The third kappa shape index (κ3) is 4.75. The maximum Gasteiger partial charge on any atom is 0.239 e. The van der Waals surface area contributed by atoms with Gasteiger partial charge in [-0.3, -0.25) is 0 Å². The average Bonchev–Trinajstić information content (AvgIpc) is 3.67. The van der Waals surface area contributed by atoms with Gasteiger partial charge < -0.3 is 16.2 Å². The second-order valence-corrected chi connectivity index (χ2v) is 12.3. The number of fused-ring (bicyclic) bond motifs is 1. The quantitative estimate of drug-likeness (QED) is 0.247. The highest BCUT2D eigenvalue weighted by Gasteiger charge is 2.29. The van der Waals surface area contributed by atoms with E-state index in [1.54, 1.807) is 19.2 Å². The van der Waals surface area contributed by atoms with Crippen molar-refractivity contribution < 1.29 is 13.2 Å². The summed E-state index contributed by atoms with van der Waals surface area (Å²) in [5.41, 5.74) is 15.1. The number of anilines is 2. The zero-order valence-electron chi connectivity index (χ0n) is 20.8. The summed E-state index contributed by atoms with van der Waals surface area (Å²) in [4.78, 5) is 10.3. The molecule has 6 rings (SSSR count). The molecule has 40 heavy (non-hydrogen) atoms. The lowest BCUT2D eigenvalue weighted by Gasteiger charge is -2.15. The Balaban J connectivity index is 1.59. The Morgan fingerprint density at radius 3 is 2.42 bits per heavy atom. The Labute approximate surface area is 236 Å². The smallest absolute Gasteiger partial charge is 0.239 e. The fourth-order valence-electron chi connectivity index (χ4n) is 4.42. The largest absolute Gasteiger partial charge is 0.497 e. The molecule has 0 fully saturated rings. The topological polar surface area (TPSA) is 191 Å². The number of methoxy groups -OCH3 is 1. The van der Waals surface area contributed by atoms with Crippen molar-refractivity contribution in [3.63, 3.8) is 0 Å². The molecule has 0 amide bonds. The molecular formula is C25H21N9O3S3. The van der Waals surface area contributed by atoms with Gasteiger partial charge in [-0.05, 0) is 34.5 Å². The van der Waals surface area contributed by atoms with Gasteiger partial charge in [0.05, 0.1) is 34.3 Å². The molecule has 0 aliphatic rings. The molecule has 12 nitrogen and oxygen atoms in total. The van der Waals surface area contributed by atoms with Crippen molar-refractivity contribution in [2.75, 3.05) is 18.6 Å². The Hall–Kier alpha value is -4.44. The van der Waals surface area contributed by atoms with Crippen molar-refractivity contribution in [3.8, 4) is 38.7 Å². The van der Waals surface area contributed by atoms with E-state index >= 15 is 0 Å². The van der Waals surface area contributed by atoms with Gasteiger partial charge in [-0.1, -0.05) is 59.1 Å². The van der Waals surface area contributed by atoms with Crippen molar-refractivity contribution in [2.45, 2.75) is 11.4 Å². The van der Waals surface area contributed by atoms with E-state index in [-0.39, 0.29) is 21.4 Å². The van der Waals surface area contributed by atoms with E-state index in [9.17, 15) is 8.42 Å². The lowest BCUT2D eigenvalue weighted by Crippen LogP contribution is -2.16. The second kappa shape index (κ2) is 9.95. The Morgan fingerprint density at radius 1 is 0.950 bits per heavy atom. The number of aromatic nitrogens is 6. The first-order valence-corrected chi connectivity index (χ1v) is 14.9. The molecule has 15 heteroatoms. The molecule has 0 aliphatic carbocycles. The van der Waals surface area contributed by atoms with Gasteiger partial charge in [0.1, 0.15) is 10.6 Å². The van der Waals surface area contributed by atoms with E-state index < -0.39 is 10.0 Å². The molecule has 0 unspecified atom stereocenters. The second-order valence-electron chi connectivity index (χ2n) is 8.67. The monoisotopic (exact) mass is 591 g/mol. The Bertz CT molecular complexity index is 1980. The van der Waals surface area contributed by atoms with Gasteiger partial charge in [0.15, 0.2) is 10.3 Å². The van der Waals surface area contributed by atoms with Crippen LogP contribution in [0.2, 0.25) is 0 Å². The first-order chi connectivity index (χ1) is 19.2. The lowest BCUT2D eigenvalue weighted by atomic mass is 9.95. The number of hydrogen-bond donors (Lipinski definition) is 3. The fraction of sp³-hybridized carbons (Fsp3) is 0.0800. The van der Waals surface area contributed by atoms with Crippen LogP contribution in [0.25, 0.3) is 43.2 Å². The van der Waals surface area contributed by atoms with Crippen LogP contribution in [0, 0.1) is 0 Å². The molecule has 3 aromatic heterocycles. The highest BCUT2D eigenvalue weighted by atomic mass is 32.2. The number of thiazole rings is 2. The molecule has 0 spiro atoms. The highest BCUT2D eigenvalue weighted by molar-refractivity contribution is 7.89. The van der Waals surface area contributed by atoms with Gasteiger partial charge >= 0.3 is 0 Å². The number of hydrogen-bond acceptors (Lipinski definition) is 12. The summed E-state index contributed by atoms with van der Waals surface area (Å²) in [5.74, 6) is 0.794. The number of tetrazole rings is 1. The van der Waals surface area contributed by atoms with Crippen LogP contribution in [-0.2, 0) is 16.6 Å². The van der Waals surface area contributed by atoms with E-state index in [2.05, 4.69) is 25.4 Å². The number of nitrogens with two attached hydrogens (primary N) is 3. The maximum absolute atomic E-state index is 13.2. The van der Waals surface area contributed by atoms with Crippen molar-refractivity contribution in [3.05, 3.63) is 66.4 Å². The molecule has 202 valence electrons. The summed E-state index contributed by atoms with van der Waals surface area (Å²) in [6, 6.07) is 16.4. The van der Waals surface area contributed by atoms with Crippen LogP contribution < -0.4 is 21.3 Å². The third-order valence-corrected chi connectivity index (χ3v) is 8.82. The number of sulfonamides is 1. The summed E-state index contributed by atoms with van der Waals surface area (Å²) >= 11 is 2.47. The predicted molar refractivity (Wildman–Crippen MR) is 155 cm³/mol. The van der Waals surface area contributed by atoms with E-state index in [1.165, 1.54) is 22.3 Å². The number of para-hydroxylation sites is 1. The van der Waals surface area contributed by atoms with Crippen molar-refractivity contribution in [1.82, 2.24) is 30.2 Å². The van der Waals surface area contributed by atoms with Gasteiger partial charge in [-0.25, -0.2) is 23.5 Å². The predicted octanol–water partition coefficient (Wildman–Crippen LogP) is 3.61. The first-order valence-electron chi connectivity index (χ1n) is 11.7. The Morgan fingerprint density at radius 2 is 1.73 bits per heavy atom. The van der Waals surface area contributed by atoms with Crippen LogP contribution in [0.1, 0.15) is 5.56 Å².